The van der Waals surface area contributed by atoms with Crippen molar-refractivity contribution in [3.05, 3.63) is 34.9 Å². The lowest BCUT2D eigenvalue weighted by molar-refractivity contribution is 0.0362. The van der Waals surface area contributed by atoms with Gasteiger partial charge in [0.05, 0.1) is 0 Å². The van der Waals surface area contributed by atoms with Crippen LogP contribution >= 0.6 is 0 Å². The molecule has 0 atom stereocenters. The van der Waals surface area contributed by atoms with E-state index < -0.39 is 0 Å². The first-order valence-corrected chi connectivity index (χ1v) is 6.93. The number of carbonyl (C=O) groups is 1. The van der Waals surface area contributed by atoms with Crippen LogP contribution in [0.25, 0.3) is 0 Å². The molecule has 102 valence electrons. The zero-order valence-electron chi connectivity index (χ0n) is 11.3. The summed E-state index contributed by atoms with van der Waals surface area (Å²) in [5, 5.41) is 3.31. The van der Waals surface area contributed by atoms with Gasteiger partial charge in [-0.05, 0) is 36.1 Å². The fraction of sp³-hybridized carbons (Fsp3) is 0.533. The molecule has 4 nitrogen and oxygen atoms in total. The van der Waals surface area contributed by atoms with Crippen LogP contribution in [0.15, 0.2) is 18.2 Å². The molecule has 1 aromatic rings. The second-order valence-corrected chi connectivity index (χ2v) is 5.35. The summed E-state index contributed by atoms with van der Waals surface area (Å²) < 4.78 is 5.35. The highest BCUT2D eigenvalue weighted by Gasteiger charge is 2.24. The molecule has 0 saturated carbocycles. The van der Waals surface area contributed by atoms with E-state index in [-0.39, 0.29) is 5.91 Å². The molecule has 1 amide bonds. The number of fused-ring (bicyclic) bond motifs is 1. The fourth-order valence-corrected chi connectivity index (χ4v) is 2.87. The van der Waals surface area contributed by atoms with Gasteiger partial charge >= 0.3 is 0 Å². The Kier molecular flexibility index (Phi) is 3.53. The summed E-state index contributed by atoms with van der Waals surface area (Å²) in [6, 6.07) is 6.37. The SMILES string of the molecule is CN(C(=O)c1ccc2c(c1)CNC2)C1CCOCC1. The minimum atomic E-state index is 0.126. The molecule has 0 radical (unpaired) electrons. The van der Waals surface area contributed by atoms with Gasteiger partial charge in [-0.15, -0.1) is 0 Å². The van der Waals surface area contributed by atoms with Crippen molar-refractivity contribution < 1.29 is 9.53 Å². The zero-order chi connectivity index (χ0) is 13.2. The van der Waals surface area contributed by atoms with Crippen molar-refractivity contribution in [3.8, 4) is 0 Å². The maximum absolute atomic E-state index is 12.5. The van der Waals surface area contributed by atoms with Crippen molar-refractivity contribution in [2.24, 2.45) is 0 Å². The van der Waals surface area contributed by atoms with Crippen molar-refractivity contribution >= 4 is 5.91 Å². The molecular weight excluding hydrogens is 240 g/mol. The lowest BCUT2D eigenvalue weighted by atomic mass is 10.0. The average Bonchev–Trinajstić information content (AvgIpc) is 2.94. The highest BCUT2D eigenvalue weighted by atomic mass is 16.5. The molecule has 2 heterocycles. The lowest BCUT2D eigenvalue weighted by Crippen LogP contribution is -2.40. The van der Waals surface area contributed by atoms with Gasteiger partial charge in [0.1, 0.15) is 0 Å². The zero-order valence-corrected chi connectivity index (χ0v) is 11.3. The number of benzene rings is 1. The van der Waals surface area contributed by atoms with Gasteiger partial charge in [-0.1, -0.05) is 6.07 Å². The molecule has 0 unspecified atom stereocenters. The van der Waals surface area contributed by atoms with E-state index in [2.05, 4.69) is 11.4 Å². The summed E-state index contributed by atoms with van der Waals surface area (Å²) in [6.45, 7) is 3.31. The molecule has 1 aromatic carbocycles. The minimum absolute atomic E-state index is 0.126. The maximum Gasteiger partial charge on any atom is 0.253 e. The molecular formula is C15H20N2O2. The Bertz CT molecular complexity index is 481. The number of carbonyl (C=O) groups excluding carboxylic acids is 1. The second-order valence-electron chi connectivity index (χ2n) is 5.35. The molecule has 1 N–H and O–H groups in total. The summed E-state index contributed by atoms with van der Waals surface area (Å²) in [5.41, 5.74) is 3.37. The molecule has 0 spiro atoms. The van der Waals surface area contributed by atoms with Gasteiger partial charge in [-0.2, -0.15) is 0 Å². The van der Waals surface area contributed by atoms with Crippen molar-refractivity contribution in [2.45, 2.75) is 32.0 Å². The number of rotatable bonds is 2. The molecule has 4 heteroatoms. The van der Waals surface area contributed by atoms with Crippen molar-refractivity contribution in [3.63, 3.8) is 0 Å². The third-order valence-electron chi connectivity index (χ3n) is 4.14. The Balaban J connectivity index is 1.75. The first-order chi connectivity index (χ1) is 9.25. The Labute approximate surface area is 113 Å². The molecule has 1 fully saturated rings. The van der Waals surface area contributed by atoms with Crippen LogP contribution in [0.2, 0.25) is 0 Å². The van der Waals surface area contributed by atoms with E-state index >= 15 is 0 Å². The van der Waals surface area contributed by atoms with Crippen LogP contribution in [-0.4, -0.2) is 37.1 Å². The third-order valence-corrected chi connectivity index (χ3v) is 4.14. The van der Waals surface area contributed by atoms with Gasteiger partial charge in [0.25, 0.3) is 5.91 Å². The highest BCUT2D eigenvalue weighted by molar-refractivity contribution is 5.94. The first kappa shape index (κ1) is 12.6. The van der Waals surface area contributed by atoms with E-state index in [1.807, 2.05) is 24.1 Å². The van der Waals surface area contributed by atoms with Gasteiger partial charge in [0.2, 0.25) is 0 Å². The van der Waals surface area contributed by atoms with Gasteiger partial charge < -0.3 is 15.0 Å². The van der Waals surface area contributed by atoms with Crippen molar-refractivity contribution in [2.75, 3.05) is 20.3 Å². The monoisotopic (exact) mass is 260 g/mol. The summed E-state index contributed by atoms with van der Waals surface area (Å²) in [5.74, 6) is 0.126. The van der Waals surface area contributed by atoms with Crippen LogP contribution in [0.4, 0.5) is 0 Å². The third kappa shape index (κ3) is 2.51. The van der Waals surface area contributed by atoms with Crippen LogP contribution in [0, 0.1) is 0 Å². The van der Waals surface area contributed by atoms with E-state index in [0.29, 0.717) is 6.04 Å². The normalized spacial score (nSPS) is 19.2. The Morgan fingerprint density at radius 2 is 2.00 bits per heavy atom. The number of amides is 1. The Hall–Kier alpha value is -1.39. The predicted molar refractivity (Wildman–Crippen MR) is 72.9 cm³/mol. The van der Waals surface area contributed by atoms with E-state index in [9.17, 15) is 4.79 Å². The van der Waals surface area contributed by atoms with Crippen LogP contribution in [0.3, 0.4) is 0 Å². The predicted octanol–water partition coefficient (Wildman–Crippen LogP) is 1.54. The van der Waals surface area contributed by atoms with E-state index in [1.54, 1.807) is 0 Å². The van der Waals surface area contributed by atoms with Crippen LogP contribution in [0.5, 0.6) is 0 Å². The van der Waals surface area contributed by atoms with Crippen LogP contribution < -0.4 is 5.32 Å². The summed E-state index contributed by atoms with van der Waals surface area (Å²) in [6.07, 6.45) is 1.88. The second kappa shape index (κ2) is 5.31. The van der Waals surface area contributed by atoms with Crippen molar-refractivity contribution in [1.29, 1.82) is 0 Å². The fourth-order valence-electron chi connectivity index (χ4n) is 2.87. The highest BCUT2D eigenvalue weighted by Crippen LogP contribution is 2.20. The summed E-state index contributed by atoms with van der Waals surface area (Å²) in [4.78, 5) is 14.4. The molecule has 2 aliphatic heterocycles. The molecule has 0 aromatic heterocycles. The topological polar surface area (TPSA) is 41.6 Å². The van der Waals surface area contributed by atoms with E-state index in [1.165, 1.54) is 11.1 Å². The van der Waals surface area contributed by atoms with Gasteiger partial charge in [-0.3, -0.25) is 4.79 Å². The standard InChI is InChI=1S/C15H20N2O2/c1-17(14-4-6-19-7-5-14)15(18)11-2-3-12-9-16-10-13(12)8-11/h2-3,8,14,16H,4-7,9-10H2,1H3. The number of nitrogens with one attached hydrogen (secondary N) is 1. The van der Waals surface area contributed by atoms with Gasteiger partial charge in [0, 0.05) is 45.0 Å². The number of nitrogens with zero attached hydrogens (tertiary/aromatic N) is 1. The minimum Gasteiger partial charge on any atom is -0.381 e. The summed E-state index contributed by atoms with van der Waals surface area (Å²) in [7, 11) is 1.91. The first-order valence-electron chi connectivity index (χ1n) is 6.93. The lowest BCUT2D eigenvalue weighted by Gasteiger charge is -2.31. The maximum atomic E-state index is 12.5. The molecule has 0 bridgehead atoms. The van der Waals surface area contributed by atoms with E-state index in [0.717, 1.165) is 44.7 Å². The van der Waals surface area contributed by atoms with E-state index in [4.69, 9.17) is 4.74 Å². The average molecular weight is 260 g/mol. The number of hydrogen-bond donors (Lipinski definition) is 1. The smallest absolute Gasteiger partial charge is 0.253 e. The van der Waals surface area contributed by atoms with Crippen molar-refractivity contribution in [1.82, 2.24) is 10.2 Å². The quantitative estimate of drug-likeness (QED) is 0.877. The molecule has 1 saturated heterocycles. The van der Waals surface area contributed by atoms with Crippen LogP contribution in [0.1, 0.15) is 34.3 Å². The largest absolute Gasteiger partial charge is 0.381 e. The van der Waals surface area contributed by atoms with Gasteiger partial charge in [0.15, 0.2) is 0 Å². The number of ether oxygens (including phenoxy) is 1. The molecule has 0 aliphatic carbocycles. The summed E-state index contributed by atoms with van der Waals surface area (Å²) >= 11 is 0. The van der Waals surface area contributed by atoms with Crippen LogP contribution in [-0.2, 0) is 17.8 Å². The Morgan fingerprint density at radius 3 is 2.79 bits per heavy atom. The van der Waals surface area contributed by atoms with Gasteiger partial charge in [-0.25, -0.2) is 0 Å². The number of hydrogen-bond acceptors (Lipinski definition) is 3. The molecule has 2 aliphatic rings. The Morgan fingerprint density at radius 1 is 1.26 bits per heavy atom. The molecule has 3 rings (SSSR count). The molecule has 19 heavy (non-hydrogen) atoms.